The maximum Gasteiger partial charge on any atom is 0.230 e. The zero-order valence-corrected chi connectivity index (χ0v) is 11.0. The number of nitrogens with one attached hydrogen (secondary N) is 1. The molecule has 0 radical (unpaired) electrons. The molecule has 0 unspecified atom stereocenters. The number of nitrogens with zero attached hydrogens (tertiary/aromatic N) is 2. The van der Waals surface area contributed by atoms with Crippen LogP contribution in [0.1, 0.15) is 24.9 Å². The monoisotopic (exact) mass is 254 g/mol. The van der Waals surface area contributed by atoms with Crippen LogP contribution in [0.4, 0.5) is 5.82 Å². The third-order valence-corrected chi connectivity index (χ3v) is 2.89. The molecule has 0 aliphatic carbocycles. The number of hydrogen-bond donors (Lipinski definition) is 2. The molecule has 3 N–H and O–H groups in total. The van der Waals surface area contributed by atoms with E-state index in [1.54, 1.807) is 6.07 Å². The van der Waals surface area contributed by atoms with Gasteiger partial charge < -0.3 is 11.1 Å². The van der Waals surface area contributed by atoms with Crippen LogP contribution in [0, 0.1) is 6.92 Å². The van der Waals surface area contributed by atoms with Crippen molar-refractivity contribution in [1.29, 1.82) is 0 Å². The number of thioether (sulfide) groups is 1. The van der Waals surface area contributed by atoms with Crippen molar-refractivity contribution in [3.05, 3.63) is 17.6 Å². The van der Waals surface area contributed by atoms with Crippen LogP contribution in [0.3, 0.4) is 0 Å². The second kappa shape index (κ2) is 7.11. The summed E-state index contributed by atoms with van der Waals surface area (Å²) in [7, 11) is 0. The topological polar surface area (TPSA) is 80.9 Å². The van der Waals surface area contributed by atoms with Crippen LogP contribution in [-0.2, 0) is 10.5 Å². The summed E-state index contributed by atoms with van der Waals surface area (Å²) in [4.78, 5) is 19.7. The average Bonchev–Trinajstić information content (AvgIpc) is 2.25. The van der Waals surface area contributed by atoms with Crippen molar-refractivity contribution < 1.29 is 4.79 Å². The molecule has 6 heteroatoms. The summed E-state index contributed by atoms with van der Waals surface area (Å²) in [6.07, 6.45) is 0.952. The first-order chi connectivity index (χ1) is 8.11. The van der Waals surface area contributed by atoms with Gasteiger partial charge in [0, 0.05) is 18.3 Å². The third-order valence-electron chi connectivity index (χ3n) is 1.96. The summed E-state index contributed by atoms with van der Waals surface area (Å²) in [5.41, 5.74) is 6.47. The van der Waals surface area contributed by atoms with E-state index in [1.807, 2.05) is 13.8 Å². The number of rotatable bonds is 6. The first-order valence-corrected chi connectivity index (χ1v) is 6.71. The van der Waals surface area contributed by atoms with Gasteiger partial charge in [0.05, 0.1) is 11.5 Å². The minimum atomic E-state index is 0.0532. The van der Waals surface area contributed by atoms with E-state index in [4.69, 9.17) is 5.73 Å². The molecule has 17 heavy (non-hydrogen) atoms. The standard InChI is InChI=1S/C11H18N4OS/c1-3-4-13-11(16)7-17-6-10-14-8(2)5-9(12)15-10/h5H,3-4,6-7H2,1-2H3,(H,13,16)(H2,12,14,15). The van der Waals surface area contributed by atoms with Crippen LogP contribution in [-0.4, -0.2) is 28.2 Å². The largest absolute Gasteiger partial charge is 0.384 e. The van der Waals surface area contributed by atoms with Crippen molar-refractivity contribution in [1.82, 2.24) is 15.3 Å². The van der Waals surface area contributed by atoms with Crippen molar-refractivity contribution >= 4 is 23.5 Å². The van der Waals surface area contributed by atoms with Crippen LogP contribution in [0.25, 0.3) is 0 Å². The summed E-state index contributed by atoms with van der Waals surface area (Å²) in [6, 6.07) is 1.72. The van der Waals surface area contributed by atoms with E-state index in [0.717, 1.165) is 18.7 Å². The highest BCUT2D eigenvalue weighted by molar-refractivity contribution is 7.99. The molecule has 1 amide bonds. The Morgan fingerprint density at radius 2 is 2.29 bits per heavy atom. The first-order valence-electron chi connectivity index (χ1n) is 5.56. The predicted octanol–water partition coefficient (Wildman–Crippen LogP) is 1.13. The third kappa shape index (κ3) is 5.53. The highest BCUT2D eigenvalue weighted by Gasteiger charge is 2.03. The lowest BCUT2D eigenvalue weighted by molar-refractivity contribution is -0.118. The van der Waals surface area contributed by atoms with Crippen molar-refractivity contribution in [3.8, 4) is 0 Å². The van der Waals surface area contributed by atoms with Gasteiger partial charge in [0.15, 0.2) is 0 Å². The molecule has 0 aromatic carbocycles. The number of nitrogen functional groups attached to an aromatic ring is 1. The molecule has 0 saturated heterocycles. The zero-order valence-electron chi connectivity index (χ0n) is 10.2. The van der Waals surface area contributed by atoms with Gasteiger partial charge in [-0.15, -0.1) is 11.8 Å². The van der Waals surface area contributed by atoms with Gasteiger partial charge in [0.25, 0.3) is 0 Å². The zero-order chi connectivity index (χ0) is 12.7. The lowest BCUT2D eigenvalue weighted by Crippen LogP contribution is -2.25. The minimum Gasteiger partial charge on any atom is -0.384 e. The Morgan fingerprint density at radius 1 is 1.53 bits per heavy atom. The maximum absolute atomic E-state index is 11.3. The molecule has 0 saturated carbocycles. The van der Waals surface area contributed by atoms with E-state index in [0.29, 0.717) is 23.1 Å². The van der Waals surface area contributed by atoms with Crippen LogP contribution in [0.15, 0.2) is 6.07 Å². The molecule has 1 rings (SSSR count). The Balaban J connectivity index is 2.33. The molecule has 0 spiro atoms. The van der Waals surface area contributed by atoms with Crippen LogP contribution < -0.4 is 11.1 Å². The van der Waals surface area contributed by atoms with Crippen LogP contribution in [0.2, 0.25) is 0 Å². The van der Waals surface area contributed by atoms with Crippen LogP contribution in [0.5, 0.6) is 0 Å². The average molecular weight is 254 g/mol. The van der Waals surface area contributed by atoms with E-state index in [9.17, 15) is 4.79 Å². The second-order valence-electron chi connectivity index (χ2n) is 3.69. The Bertz CT molecular complexity index is 363. The molecule has 0 fully saturated rings. The van der Waals surface area contributed by atoms with E-state index in [-0.39, 0.29) is 5.91 Å². The van der Waals surface area contributed by atoms with Gasteiger partial charge in [-0.3, -0.25) is 4.79 Å². The van der Waals surface area contributed by atoms with E-state index >= 15 is 0 Å². The lowest BCUT2D eigenvalue weighted by Gasteiger charge is -2.04. The van der Waals surface area contributed by atoms with E-state index in [2.05, 4.69) is 15.3 Å². The van der Waals surface area contributed by atoms with Crippen LogP contribution >= 0.6 is 11.8 Å². The van der Waals surface area contributed by atoms with Gasteiger partial charge >= 0.3 is 0 Å². The summed E-state index contributed by atoms with van der Waals surface area (Å²) in [5, 5.41) is 2.82. The predicted molar refractivity (Wildman–Crippen MR) is 70.6 cm³/mol. The number of aryl methyl sites for hydroxylation is 1. The molecule has 1 aromatic rings. The number of carbonyl (C=O) groups excluding carboxylic acids is 1. The highest BCUT2D eigenvalue weighted by Crippen LogP contribution is 2.10. The molecular formula is C11H18N4OS. The Morgan fingerprint density at radius 3 is 2.94 bits per heavy atom. The van der Waals surface area contributed by atoms with Gasteiger partial charge in [-0.25, -0.2) is 9.97 Å². The fraction of sp³-hybridized carbons (Fsp3) is 0.545. The lowest BCUT2D eigenvalue weighted by atomic mass is 10.4. The fourth-order valence-electron chi connectivity index (χ4n) is 1.27. The quantitative estimate of drug-likeness (QED) is 0.795. The second-order valence-corrected chi connectivity index (χ2v) is 4.68. The van der Waals surface area contributed by atoms with E-state index in [1.165, 1.54) is 11.8 Å². The summed E-state index contributed by atoms with van der Waals surface area (Å²) >= 11 is 1.49. The molecule has 5 nitrogen and oxygen atoms in total. The van der Waals surface area contributed by atoms with Crippen molar-refractivity contribution in [2.75, 3.05) is 18.0 Å². The van der Waals surface area contributed by atoms with Crippen molar-refractivity contribution in [2.24, 2.45) is 0 Å². The number of aromatic nitrogens is 2. The Kier molecular flexibility index (Phi) is 5.76. The van der Waals surface area contributed by atoms with Gasteiger partial charge in [0.2, 0.25) is 5.91 Å². The number of carbonyl (C=O) groups is 1. The van der Waals surface area contributed by atoms with Gasteiger partial charge in [-0.1, -0.05) is 6.92 Å². The summed E-state index contributed by atoms with van der Waals surface area (Å²) < 4.78 is 0. The number of hydrogen-bond acceptors (Lipinski definition) is 5. The molecule has 0 aliphatic heterocycles. The fourth-order valence-corrected chi connectivity index (χ4v) is 1.97. The minimum absolute atomic E-state index is 0.0532. The molecule has 1 heterocycles. The molecule has 0 aliphatic rings. The summed E-state index contributed by atoms with van der Waals surface area (Å²) in [5.74, 6) is 2.24. The molecule has 0 bridgehead atoms. The summed E-state index contributed by atoms with van der Waals surface area (Å²) in [6.45, 7) is 4.63. The molecular weight excluding hydrogens is 236 g/mol. The molecule has 94 valence electrons. The van der Waals surface area contributed by atoms with Gasteiger partial charge in [0.1, 0.15) is 11.6 Å². The first kappa shape index (κ1) is 13.8. The highest BCUT2D eigenvalue weighted by atomic mass is 32.2. The maximum atomic E-state index is 11.3. The van der Waals surface area contributed by atoms with Gasteiger partial charge in [-0.05, 0) is 13.3 Å². The number of nitrogens with two attached hydrogens (primary N) is 1. The number of amides is 1. The Hall–Kier alpha value is -1.30. The molecule has 0 atom stereocenters. The Labute approximate surface area is 106 Å². The van der Waals surface area contributed by atoms with Crippen molar-refractivity contribution in [3.63, 3.8) is 0 Å². The number of anilines is 1. The van der Waals surface area contributed by atoms with Crippen molar-refractivity contribution in [2.45, 2.75) is 26.0 Å². The normalized spacial score (nSPS) is 10.2. The van der Waals surface area contributed by atoms with Gasteiger partial charge in [-0.2, -0.15) is 0 Å². The van der Waals surface area contributed by atoms with E-state index < -0.39 is 0 Å². The SMILES string of the molecule is CCCNC(=O)CSCc1nc(C)cc(N)n1. The molecule has 1 aromatic heterocycles. The smallest absolute Gasteiger partial charge is 0.230 e.